The smallest absolute Gasteiger partial charge is 0.225 e. The van der Waals surface area contributed by atoms with Gasteiger partial charge in [-0.3, -0.25) is 9.78 Å². The first kappa shape index (κ1) is 14.0. The van der Waals surface area contributed by atoms with E-state index in [1.807, 2.05) is 32.0 Å². The van der Waals surface area contributed by atoms with Crippen molar-refractivity contribution >= 4 is 5.91 Å². The van der Waals surface area contributed by atoms with E-state index < -0.39 is 0 Å². The van der Waals surface area contributed by atoms with Gasteiger partial charge in [0.1, 0.15) is 0 Å². The van der Waals surface area contributed by atoms with Gasteiger partial charge in [-0.25, -0.2) is 0 Å². The fourth-order valence-electron chi connectivity index (χ4n) is 2.81. The molecule has 1 aromatic heterocycles. The second-order valence-corrected chi connectivity index (χ2v) is 5.79. The normalized spacial score (nSPS) is 28.7. The number of nitrogens with two attached hydrogens (primary N) is 1. The third-order valence-corrected chi connectivity index (χ3v) is 4.06. The third kappa shape index (κ3) is 3.32. The molecule has 3 atom stereocenters. The molecule has 0 saturated heterocycles. The highest BCUT2D eigenvalue weighted by Crippen LogP contribution is 2.32. The Hall–Kier alpha value is -1.42. The zero-order valence-corrected chi connectivity index (χ0v) is 11.7. The second-order valence-electron chi connectivity index (χ2n) is 5.79. The molecule has 4 nitrogen and oxygen atoms in total. The van der Waals surface area contributed by atoms with Crippen molar-refractivity contribution in [3.63, 3.8) is 0 Å². The van der Waals surface area contributed by atoms with Crippen molar-refractivity contribution in [1.29, 1.82) is 0 Å². The maximum atomic E-state index is 12.4. The molecule has 2 rings (SSSR count). The standard InChI is InChI=1S/C15H23N3O/c1-11(13-8-4-6-10-17-13)18-14(19)12-7-3-5-9-15(12,2)16/h4,6,8,10-12H,3,5,7,9,16H2,1-2H3,(H,18,19). The molecule has 1 saturated carbocycles. The van der Waals surface area contributed by atoms with Crippen molar-refractivity contribution in [2.24, 2.45) is 11.7 Å². The van der Waals surface area contributed by atoms with E-state index in [0.717, 1.165) is 31.4 Å². The average molecular weight is 261 g/mol. The Labute approximate surface area is 114 Å². The minimum absolute atomic E-state index is 0.0582. The highest BCUT2D eigenvalue weighted by molar-refractivity contribution is 5.80. The number of hydrogen-bond acceptors (Lipinski definition) is 3. The molecule has 3 N–H and O–H groups in total. The zero-order valence-electron chi connectivity index (χ0n) is 11.7. The van der Waals surface area contributed by atoms with E-state index in [1.54, 1.807) is 6.20 Å². The SMILES string of the molecule is CC(NC(=O)C1CCCCC1(C)N)c1ccccn1. The van der Waals surface area contributed by atoms with Gasteiger partial charge in [0.2, 0.25) is 5.91 Å². The monoisotopic (exact) mass is 261 g/mol. The van der Waals surface area contributed by atoms with E-state index in [1.165, 1.54) is 0 Å². The first-order chi connectivity index (χ1) is 9.00. The lowest BCUT2D eigenvalue weighted by Crippen LogP contribution is -2.53. The average Bonchev–Trinajstić information content (AvgIpc) is 2.39. The van der Waals surface area contributed by atoms with Crippen LogP contribution in [0.4, 0.5) is 0 Å². The quantitative estimate of drug-likeness (QED) is 0.876. The fraction of sp³-hybridized carbons (Fsp3) is 0.600. The summed E-state index contributed by atoms with van der Waals surface area (Å²) in [6, 6.07) is 5.65. The molecular formula is C15H23N3O. The van der Waals surface area contributed by atoms with Crippen LogP contribution in [-0.2, 0) is 4.79 Å². The third-order valence-electron chi connectivity index (χ3n) is 4.06. The number of hydrogen-bond donors (Lipinski definition) is 2. The van der Waals surface area contributed by atoms with Gasteiger partial charge >= 0.3 is 0 Å². The van der Waals surface area contributed by atoms with E-state index in [0.29, 0.717) is 0 Å². The van der Waals surface area contributed by atoms with Crippen molar-refractivity contribution in [2.75, 3.05) is 0 Å². The van der Waals surface area contributed by atoms with Gasteiger partial charge in [-0.1, -0.05) is 18.9 Å². The Morgan fingerprint density at radius 1 is 1.53 bits per heavy atom. The van der Waals surface area contributed by atoms with E-state index in [-0.39, 0.29) is 23.4 Å². The summed E-state index contributed by atoms with van der Waals surface area (Å²) in [4.78, 5) is 16.6. The van der Waals surface area contributed by atoms with E-state index in [9.17, 15) is 4.79 Å². The van der Waals surface area contributed by atoms with Crippen LogP contribution in [0.3, 0.4) is 0 Å². The van der Waals surface area contributed by atoms with E-state index in [2.05, 4.69) is 10.3 Å². The largest absolute Gasteiger partial charge is 0.348 e. The molecule has 1 aliphatic rings. The summed E-state index contributed by atoms with van der Waals surface area (Å²) in [6.07, 6.45) is 5.75. The number of aromatic nitrogens is 1. The van der Waals surface area contributed by atoms with Crippen molar-refractivity contribution < 1.29 is 4.79 Å². The minimum Gasteiger partial charge on any atom is -0.348 e. The van der Waals surface area contributed by atoms with Gasteiger partial charge in [0.15, 0.2) is 0 Å². The molecule has 1 aliphatic carbocycles. The lowest BCUT2D eigenvalue weighted by molar-refractivity contribution is -0.128. The van der Waals surface area contributed by atoms with Gasteiger partial charge in [0, 0.05) is 11.7 Å². The number of nitrogens with one attached hydrogen (secondary N) is 1. The molecule has 0 aromatic carbocycles. The highest BCUT2D eigenvalue weighted by atomic mass is 16.2. The summed E-state index contributed by atoms with van der Waals surface area (Å²) in [5, 5.41) is 3.04. The molecule has 1 aromatic rings. The molecule has 19 heavy (non-hydrogen) atoms. The summed E-state index contributed by atoms with van der Waals surface area (Å²) in [5.74, 6) is -0.0322. The predicted molar refractivity (Wildman–Crippen MR) is 75.3 cm³/mol. The molecule has 3 unspecified atom stereocenters. The second kappa shape index (κ2) is 5.70. The van der Waals surface area contributed by atoms with Crippen molar-refractivity contribution in [3.05, 3.63) is 30.1 Å². The molecule has 0 spiro atoms. The molecule has 1 amide bonds. The van der Waals surface area contributed by atoms with Crippen LogP contribution in [0.25, 0.3) is 0 Å². The Kier molecular flexibility index (Phi) is 4.20. The summed E-state index contributed by atoms with van der Waals surface area (Å²) in [5.41, 5.74) is 6.76. The first-order valence-corrected chi connectivity index (χ1v) is 7.01. The minimum atomic E-state index is -0.383. The molecule has 0 bridgehead atoms. The molecule has 0 radical (unpaired) electrons. The fourth-order valence-corrected chi connectivity index (χ4v) is 2.81. The summed E-state index contributed by atoms with van der Waals surface area (Å²) in [7, 11) is 0. The topological polar surface area (TPSA) is 68.0 Å². The van der Waals surface area contributed by atoms with Gasteiger partial charge in [0.05, 0.1) is 17.7 Å². The molecule has 4 heteroatoms. The molecule has 104 valence electrons. The summed E-state index contributed by atoms with van der Waals surface area (Å²) >= 11 is 0. The molecular weight excluding hydrogens is 238 g/mol. The summed E-state index contributed by atoms with van der Waals surface area (Å²) in [6.45, 7) is 3.94. The Balaban J connectivity index is 2.01. The van der Waals surface area contributed by atoms with Crippen LogP contribution in [0, 0.1) is 5.92 Å². The van der Waals surface area contributed by atoms with Crippen molar-refractivity contribution in [2.45, 2.75) is 51.1 Å². The lowest BCUT2D eigenvalue weighted by atomic mass is 9.74. The molecule has 1 heterocycles. The lowest BCUT2D eigenvalue weighted by Gasteiger charge is -2.37. The van der Waals surface area contributed by atoms with Crippen LogP contribution < -0.4 is 11.1 Å². The number of nitrogens with zero attached hydrogens (tertiary/aromatic N) is 1. The van der Waals surface area contributed by atoms with Crippen LogP contribution in [0.2, 0.25) is 0 Å². The predicted octanol–water partition coefficient (Wildman–Crippen LogP) is 2.17. The van der Waals surface area contributed by atoms with E-state index >= 15 is 0 Å². The van der Waals surface area contributed by atoms with Crippen LogP contribution in [0.5, 0.6) is 0 Å². The van der Waals surface area contributed by atoms with Gasteiger partial charge in [-0.05, 0) is 38.8 Å². The van der Waals surface area contributed by atoms with Crippen LogP contribution in [-0.4, -0.2) is 16.4 Å². The zero-order chi connectivity index (χ0) is 13.9. The van der Waals surface area contributed by atoms with Crippen molar-refractivity contribution in [1.82, 2.24) is 10.3 Å². The van der Waals surface area contributed by atoms with Gasteiger partial charge in [-0.2, -0.15) is 0 Å². The maximum absolute atomic E-state index is 12.4. The Morgan fingerprint density at radius 2 is 2.32 bits per heavy atom. The number of rotatable bonds is 3. The Morgan fingerprint density at radius 3 is 2.95 bits per heavy atom. The highest BCUT2D eigenvalue weighted by Gasteiger charge is 2.38. The molecule has 0 aliphatic heterocycles. The van der Waals surface area contributed by atoms with Crippen LogP contribution >= 0.6 is 0 Å². The Bertz CT molecular complexity index is 430. The molecule has 1 fully saturated rings. The van der Waals surface area contributed by atoms with Crippen molar-refractivity contribution in [3.8, 4) is 0 Å². The number of amides is 1. The van der Waals surface area contributed by atoms with Gasteiger partial charge in [0.25, 0.3) is 0 Å². The van der Waals surface area contributed by atoms with Crippen LogP contribution in [0.15, 0.2) is 24.4 Å². The summed E-state index contributed by atoms with van der Waals surface area (Å²) < 4.78 is 0. The number of carbonyl (C=O) groups is 1. The van der Waals surface area contributed by atoms with Gasteiger partial charge < -0.3 is 11.1 Å². The maximum Gasteiger partial charge on any atom is 0.225 e. The van der Waals surface area contributed by atoms with E-state index in [4.69, 9.17) is 5.73 Å². The van der Waals surface area contributed by atoms with Gasteiger partial charge in [-0.15, -0.1) is 0 Å². The van der Waals surface area contributed by atoms with Crippen LogP contribution in [0.1, 0.15) is 51.3 Å². The number of carbonyl (C=O) groups excluding carboxylic acids is 1. The number of pyridine rings is 1. The first-order valence-electron chi connectivity index (χ1n) is 7.01.